The third kappa shape index (κ3) is 5.17. The number of carbonyl (C=O) groups is 1. The number of nitrogens with zero attached hydrogens (tertiary/aromatic N) is 6. The van der Waals surface area contributed by atoms with E-state index in [4.69, 9.17) is 24.4 Å². The van der Waals surface area contributed by atoms with Crippen LogP contribution in [0, 0.1) is 0 Å². The molecule has 5 rings (SSSR count). The van der Waals surface area contributed by atoms with Crippen molar-refractivity contribution in [1.29, 1.82) is 0 Å². The Bertz CT molecular complexity index is 1200. The number of fused-ring (bicyclic) bond motifs is 2. The summed E-state index contributed by atoms with van der Waals surface area (Å²) in [5.74, 6) is 2.80. The average molecular weight is 552 g/mol. The molecular weight excluding hydrogens is 506 g/mol. The maximum Gasteiger partial charge on any atom is 0.243 e. The van der Waals surface area contributed by atoms with Crippen molar-refractivity contribution < 1.29 is 9.22 Å². The number of carbonyl (C=O) groups excluding carboxylic acids is 1. The molecule has 1 saturated carbocycles. The molecule has 212 valence electrons. The summed E-state index contributed by atoms with van der Waals surface area (Å²) in [6, 6.07) is 0.160. The first kappa shape index (κ1) is 28.0. The van der Waals surface area contributed by atoms with E-state index in [9.17, 15) is 4.79 Å². The molecule has 0 aromatic carbocycles. The van der Waals surface area contributed by atoms with E-state index in [0.29, 0.717) is 23.9 Å². The van der Waals surface area contributed by atoms with Crippen molar-refractivity contribution in [3.8, 4) is 0 Å². The van der Waals surface area contributed by atoms with Gasteiger partial charge in [0.05, 0.1) is 35.7 Å². The molecule has 0 unspecified atom stereocenters. The Morgan fingerprint density at radius 2 is 1.67 bits per heavy atom. The number of anilines is 4. The van der Waals surface area contributed by atoms with E-state index < -0.39 is 13.7 Å². The van der Waals surface area contributed by atoms with Gasteiger partial charge in [-0.3, -0.25) is 9.69 Å². The first-order valence-corrected chi connectivity index (χ1v) is 17.6. The monoisotopic (exact) mass is 551 g/mol. The van der Waals surface area contributed by atoms with Crippen molar-refractivity contribution in [2.24, 2.45) is 0 Å². The van der Waals surface area contributed by atoms with Crippen molar-refractivity contribution in [2.75, 3.05) is 28.2 Å². The first-order chi connectivity index (χ1) is 18.4. The van der Waals surface area contributed by atoms with Gasteiger partial charge in [0.2, 0.25) is 11.9 Å². The molecule has 2 aromatic rings. The SMILES string of the molecule is CC(C)Nc1nc(CO[Si](C)(C)C(C)(C)C)nc2c1C1(CCCC1)C(=O)N2c1cnc(N2CCCCC2)nc1. The van der Waals surface area contributed by atoms with Crippen LogP contribution in [0.1, 0.15) is 91.0 Å². The van der Waals surface area contributed by atoms with Gasteiger partial charge in [0.15, 0.2) is 14.1 Å². The van der Waals surface area contributed by atoms with Gasteiger partial charge in [0, 0.05) is 19.1 Å². The minimum Gasteiger partial charge on any atom is -0.409 e. The van der Waals surface area contributed by atoms with Crippen LogP contribution in [0.5, 0.6) is 0 Å². The number of piperidine rings is 1. The summed E-state index contributed by atoms with van der Waals surface area (Å²) in [5.41, 5.74) is 0.975. The van der Waals surface area contributed by atoms with Crippen molar-refractivity contribution >= 4 is 37.5 Å². The maximum absolute atomic E-state index is 14.3. The first-order valence-electron chi connectivity index (χ1n) is 14.7. The number of hydrogen-bond donors (Lipinski definition) is 1. The molecule has 1 amide bonds. The lowest BCUT2D eigenvalue weighted by Crippen LogP contribution is -2.40. The topological polar surface area (TPSA) is 96.4 Å². The van der Waals surface area contributed by atoms with Gasteiger partial charge in [-0.15, -0.1) is 0 Å². The predicted octanol–water partition coefficient (Wildman–Crippen LogP) is 6.09. The van der Waals surface area contributed by atoms with E-state index >= 15 is 0 Å². The molecule has 10 heteroatoms. The average Bonchev–Trinajstić information content (AvgIpc) is 3.47. The second-order valence-electron chi connectivity index (χ2n) is 13.3. The summed E-state index contributed by atoms with van der Waals surface area (Å²) in [4.78, 5) is 37.7. The normalized spacial score (nSPS) is 19.3. The van der Waals surface area contributed by atoms with E-state index in [1.54, 1.807) is 17.3 Å². The number of nitrogens with one attached hydrogen (secondary N) is 1. The molecule has 0 radical (unpaired) electrons. The molecule has 1 aliphatic carbocycles. The third-order valence-electron chi connectivity index (χ3n) is 9.01. The van der Waals surface area contributed by atoms with Crippen LogP contribution in [0.2, 0.25) is 18.1 Å². The highest BCUT2D eigenvalue weighted by molar-refractivity contribution is 6.74. The summed E-state index contributed by atoms with van der Waals surface area (Å²) >= 11 is 0. The van der Waals surface area contributed by atoms with Gasteiger partial charge in [-0.05, 0) is 64.1 Å². The molecule has 2 aromatic heterocycles. The highest BCUT2D eigenvalue weighted by Gasteiger charge is 2.56. The maximum atomic E-state index is 14.3. The molecular formula is C29H45N7O2Si. The molecule has 1 spiro atoms. The van der Waals surface area contributed by atoms with Crippen molar-refractivity contribution in [3.63, 3.8) is 0 Å². The summed E-state index contributed by atoms with van der Waals surface area (Å²) < 4.78 is 6.52. The van der Waals surface area contributed by atoms with Gasteiger partial charge in [-0.1, -0.05) is 33.6 Å². The Morgan fingerprint density at radius 3 is 2.26 bits per heavy atom. The second-order valence-corrected chi connectivity index (χ2v) is 18.1. The Balaban J connectivity index is 1.57. The molecule has 4 heterocycles. The molecule has 0 atom stereocenters. The van der Waals surface area contributed by atoms with Gasteiger partial charge in [0.25, 0.3) is 0 Å². The van der Waals surface area contributed by atoms with Crippen LogP contribution in [0.3, 0.4) is 0 Å². The van der Waals surface area contributed by atoms with E-state index in [1.807, 2.05) is 0 Å². The standard InChI is InChI=1S/C29H45N7O2Si/c1-20(2)32-24-23-25(34-22(33-24)19-38-39(6,7)28(3,4)5)36(26(37)29(23)13-9-10-14-29)21-17-30-27(31-18-21)35-15-11-8-12-16-35/h17-18,20H,8-16,19H2,1-7H3,(H,32,33,34). The summed E-state index contributed by atoms with van der Waals surface area (Å²) in [5, 5.41) is 3.63. The van der Waals surface area contributed by atoms with E-state index in [0.717, 1.165) is 68.9 Å². The fourth-order valence-corrected chi connectivity index (χ4v) is 6.71. The zero-order chi connectivity index (χ0) is 28.0. The van der Waals surface area contributed by atoms with Crippen molar-refractivity contribution in [2.45, 2.75) is 116 Å². The Morgan fingerprint density at radius 1 is 1.03 bits per heavy atom. The number of aromatic nitrogens is 4. The number of rotatable bonds is 7. The predicted molar refractivity (Wildman–Crippen MR) is 158 cm³/mol. The van der Waals surface area contributed by atoms with Crippen molar-refractivity contribution in [1.82, 2.24) is 19.9 Å². The number of amides is 1. The third-order valence-corrected chi connectivity index (χ3v) is 13.5. The van der Waals surface area contributed by atoms with Crippen LogP contribution in [-0.4, -0.2) is 53.3 Å². The molecule has 2 aliphatic heterocycles. The fourth-order valence-electron chi connectivity index (χ4n) is 5.79. The molecule has 9 nitrogen and oxygen atoms in total. The lowest BCUT2D eigenvalue weighted by molar-refractivity contribution is -0.122. The van der Waals surface area contributed by atoms with Crippen LogP contribution < -0.4 is 15.1 Å². The van der Waals surface area contributed by atoms with Crippen LogP contribution >= 0.6 is 0 Å². The molecule has 1 saturated heterocycles. The molecule has 1 N–H and O–H groups in total. The van der Waals surface area contributed by atoms with Crippen LogP contribution in [0.4, 0.5) is 23.3 Å². The Hall–Kier alpha value is -2.59. The molecule has 2 fully saturated rings. The largest absolute Gasteiger partial charge is 0.409 e. The molecule has 3 aliphatic rings. The van der Waals surface area contributed by atoms with Gasteiger partial charge in [0.1, 0.15) is 11.6 Å². The minimum atomic E-state index is -2.02. The van der Waals surface area contributed by atoms with Gasteiger partial charge in [-0.25, -0.2) is 19.9 Å². The zero-order valence-corrected chi connectivity index (χ0v) is 25.8. The highest BCUT2D eigenvalue weighted by Crippen LogP contribution is 2.55. The lowest BCUT2D eigenvalue weighted by atomic mass is 9.80. The highest BCUT2D eigenvalue weighted by atomic mass is 28.4. The fraction of sp³-hybridized carbons (Fsp3) is 0.690. The van der Waals surface area contributed by atoms with Crippen LogP contribution in [0.25, 0.3) is 0 Å². The van der Waals surface area contributed by atoms with Gasteiger partial charge >= 0.3 is 0 Å². The summed E-state index contributed by atoms with van der Waals surface area (Å²) in [6.45, 7) is 17.6. The Kier molecular flexibility index (Phi) is 7.47. The van der Waals surface area contributed by atoms with E-state index in [1.165, 1.54) is 6.42 Å². The van der Waals surface area contributed by atoms with Crippen LogP contribution in [-0.2, 0) is 21.2 Å². The number of hydrogen-bond acceptors (Lipinski definition) is 8. The zero-order valence-electron chi connectivity index (χ0n) is 24.8. The second kappa shape index (κ2) is 10.4. The van der Waals surface area contributed by atoms with Crippen LogP contribution in [0.15, 0.2) is 12.4 Å². The van der Waals surface area contributed by atoms with Crippen molar-refractivity contribution in [3.05, 3.63) is 23.8 Å². The molecule has 39 heavy (non-hydrogen) atoms. The minimum absolute atomic E-state index is 0.0629. The van der Waals surface area contributed by atoms with Gasteiger partial charge in [-0.2, -0.15) is 0 Å². The van der Waals surface area contributed by atoms with Gasteiger partial charge < -0.3 is 14.6 Å². The summed E-state index contributed by atoms with van der Waals surface area (Å²) in [6.07, 6.45) is 10.8. The quantitative estimate of drug-likeness (QED) is 0.413. The molecule has 0 bridgehead atoms. The van der Waals surface area contributed by atoms with E-state index in [2.05, 4.69) is 57.9 Å². The van der Waals surface area contributed by atoms with E-state index in [-0.39, 0.29) is 17.0 Å². The lowest BCUT2D eigenvalue weighted by Gasteiger charge is -2.36. The Labute approximate surface area is 234 Å². The smallest absolute Gasteiger partial charge is 0.243 e. The summed E-state index contributed by atoms with van der Waals surface area (Å²) in [7, 11) is -2.02.